The first-order valence-corrected chi connectivity index (χ1v) is 6.64. The highest BCUT2D eigenvalue weighted by atomic mass is 35.5. The van der Waals surface area contributed by atoms with Crippen LogP contribution in [0.1, 0.15) is 21.5 Å². The summed E-state index contributed by atoms with van der Waals surface area (Å²) in [4.78, 5) is 13.2. The first-order valence-electron chi connectivity index (χ1n) is 6.27. The van der Waals surface area contributed by atoms with Crippen molar-refractivity contribution in [3.63, 3.8) is 0 Å². The maximum atomic E-state index is 11.3. The number of benzene rings is 2. The van der Waals surface area contributed by atoms with E-state index >= 15 is 0 Å². The molecule has 0 aliphatic rings. The molecule has 2 aromatic rings. The van der Waals surface area contributed by atoms with Crippen LogP contribution in [0, 0.1) is 6.92 Å². The molecule has 3 nitrogen and oxygen atoms in total. The van der Waals surface area contributed by atoms with Crippen molar-refractivity contribution in [1.82, 2.24) is 0 Å². The lowest BCUT2D eigenvalue weighted by Gasteiger charge is -2.21. The van der Waals surface area contributed by atoms with Crippen molar-refractivity contribution >= 4 is 23.3 Å². The van der Waals surface area contributed by atoms with E-state index in [9.17, 15) is 9.90 Å². The fourth-order valence-corrected chi connectivity index (χ4v) is 2.24. The zero-order valence-corrected chi connectivity index (χ0v) is 12.2. The summed E-state index contributed by atoms with van der Waals surface area (Å²) >= 11 is 5.86. The highest BCUT2D eigenvalue weighted by Crippen LogP contribution is 2.25. The highest BCUT2D eigenvalue weighted by Gasteiger charge is 2.14. The molecule has 1 N–H and O–H groups in total. The summed E-state index contributed by atoms with van der Waals surface area (Å²) in [5.74, 6) is -0.974. The molecular formula is C16H16ClNO2. The molecule has 0 aliphatic carbocycles. The Morgan fingerprint density at radius 1 is 1.20 bits per heavy atom. The molecule has 0 saturated carbocycles. The van der Waals surface area contributed by atoms with E-state index in [0.717, 1.165) is 5.56 Å². The second-order valence-electron chi connectivity index (χ2n) is 4.81. The largest absolute Gasteiger partial charge is 0.478 e. The van der Waals surface area contributed by atoms with E-state index in [1.54, 1.807) is 12.1 Å². The van der Waals surface area contributed by atoms with Crippen LogP contribution in [0.15, 0.2) is 42.5 Å². The topological polar surface area (TPSA) is 40.5 Å². The summed E-state index contributed by atoms with van der Waals surface area (Å²) in [6, 6.07) is 13.1. The maximum Gasteiger partial charge on any atom is 0.337 e. The van der Waals surface area contributed by atoms with Crippen LogP contribution in [0.2, 0.25) is 5.02 Å². The third kappa shape index (κ3) is 3.31. The standard InChI is InChI=1S/C16H16ClNO2/c1-11-3-5-12(6-4-11)10-18(2)15-8-7-13(17)9-14(15)16(19)20/h3-9H,10H2,1-2H3,(H,19,20). The third-order valence-electron chi connectivity index (χ3n) is 3.14. The summed E-state index contributed by atoms with van der Waals surface area (Å²) in [6.07, 6.45) is 0. The number of carboxylic acid groups (broad SMARTS) is 1. The number of aromatic carboxylic acids is 1. The first-order chi connectivity index (χ1) is 9.47. The number of carboxylic acids is 1. The molecule has 4 heteroatoms. The van der Waals surface area contributed by atoms with Crippen molar-refractivity contribution < 1.29 is 9.90 Å². The summed E-state index contributed by atoms with van der Waals surface area (Å²) in [5.41, 5.74) is 3.20. The number of carbonyl (C=O) groups is 1. The quantitative estimate of drug-likeness (QED) is 0.925. The minimum atomic E-state index is -0.974. The Morgan fingerprint density at radius 2 is 1.85 bits per heavy atom. The normalized spacial score (nSPS) is 10.3. The fourth-order valence-electron chi connectivity index (χ4n) is 2.06. The van der Waals surface area contributed by atoms with Gasteiger partial charge in [-0.3, -0.25) is 0 Å². The number of nitrogens with zero attached hydrogens (tertiary/aromatic N) is 1. The van der Waals surface area contributed by atoms with Gasteiger partial charge in [-0.25, -0.2) is 4.79 Å². The number of aryl methyl sites for hydroxylation is 1. The van der Waals surface area contributed by atoms with Crippen LogP contribution in [0.5, 0.6) is 0 Å². The molecule has 0 saturated heterocycles. The van der Waals surface area contributed by atoms with Gasteiger partial charge < -0.3 is 10.0 Å². The molecule has 20 heavy (non-hydrogen) atoms. The van der Waals surface area contributed by atoms with Crippen LogP contribution < -0.4 is 4.90 Å². The highest BCUT2D eigenvalue weighted by molar-refractivity contribution is 6.31. The van der Waals surface area contributed by atoms with Crippen molar-refractivity contribution in [2.75, 3.05) is 11.9 Å². The van der Waals surface area contributed by atoms with Crippen LogP contribution in [0.4, 0.5) is 5.69 Å². The Balaban J connectivity index is 2.27. The fraction of sp³-hybridized carbons (Fsp3) is 0.188. The Morgan fingerprint density at radius 3 is 2.45 bits per heavy atom. The SMILES string of the molecule is Cc1ccc(CN(C)c2ccc(Cl)cc2C(=O)O)cc1. The number of rotatable bonds is 4. The molecule has 0 fully saturated rings. The lowest BCUT2D eigenvalue weighted by molar-refractivity contribution is 0.0697. The van der Waals surface area contributed by atoms with Gasteiger partial charge in [-0.15, -0.1) is 0 Å². The van der Waals surface area contributed by atoms with Gasteiger partial charge >= 0.3 is 5.97 Å². The first kappa shape index (κ1) is 14.4. The number of halogens is 1. The van der Waals surface area contributed by atoms with E-state index in [4.69, 9.17) is 11.6 Å². The van der Waals surface area contributed by atoms with E-state index in [2.05, 4.69) is 0 Å². The minimum absolute atomic E-state index is 0.215. The van der Waals surface area contributed by atoms with Crippen molar-refractivity contribution in [3.05, 3.63) is 64.2 Å². The Bertz CT molecular complexity index is 623. The van der Waals surface area contributed by atoms with Gasteiger partial charge in [-0.2, -0.15) is 0 Å². The predicted octanol–water partition coefficient (Wildman–Crippen LogP) is 3.98. The summed E-state index contributed by atoms with van der Waals surface area (Å²) in [6.45, 7) is 2.68. The average molecular weight is 290 g/mol. The van der Waals surface area contributed by atoms with Gasteiger partial charge in [-0.05, 0) is 30.7 Å². The van der Waals surface area contributed by atoms with Crippen LogP contribution in [0.3, 0.4) is 0 Å². The van der Waals surface area contributed by atoms with E-state index in [1.807, 2.05) is 43.1 Å². The lowest BCUT2D eigenvalue weighted by atomic mass is 10.1. The summed E-state index contributed by atoms with van der Waals surface area (Å²) < 4.78 is 0. The summed E-state index contributed by atoms with van der Waals surface area (Å²) in [5, 5.41) is 9.68. The van der Waals surface area contributed by atoms with Crippen LogP contribution >= 0.6 is 11.6 Å². The zero-order chi connectivity index (χ0) is 14.7. The van der Waals surface area contributed by atoms with E-state index in [1.165, 1.54) is 11.6 Å². The van der Waals surface area contributed by atoms with Gasteiger partial charge in [0.1, 0.15) is 0 Å². The van der Waals surface area contributed by atoms with Crippen molar-refractivity contribution in [1.29, 1.82) is 0 Å². The van der Waals surface area contributed by atoms with Crippen LogP contribution in [-0.2, 0) is 6.54 Å². The predicted molar refractivity (Wildman–Crippen MR) is 81.7 cm³/mol. The molecule has 0 amide bonds. The maximum absolute atomic E-state index is 11.3. The average Bonchev–Trinajstić information content (AvgIpc) is 2.41. The van der Waals surface area contributed by atoms with Crippen LogP contribution in [-0.4, -0.2) is 18.1 Å². The van der Waals surface area contributed by atoms with Gasteiger partial charge in [0.2, 0.25) is 0 Å². The zero-order valence-electron chi connectivity index (χ0n) is 11.4. The lowest BCUT2D eigenvalue weighted by Crippen LogP contribution is -2.19. The minimum Gasteiger partial charge on any atom is -0.478 e. The molecular weight excluding hydrogens is 274 g/mol. The van der Waals surface area contributed by atoms with E-state index in [0.29, 0.717) is 17.3 Å². The molecule has 0 atom stereocenters. The third-order valence-corrected chi connectivity index (χ3v) is 3.38. The molecule has 2 rings (SSSR count). The van der Waals surface area contributed by atoms with Gasteiger partial charge in [0, 0.05) is 18.6 Å². The monoisotopic (exact) mass is 289 g/mol. The number of hydrogen-bond acceptors (Lipinski definition) is 2. The van der Waals surface area contributed by atoms with Gasteiger partial charge in [0.15, 0.2) is 0 Å². The smallest absolute Gasteiger partial charge is 0.337 e. The molecule has 0 bridgehead atoms. The molecule has 0 radical (unpaired) electrons. The van der Waals surface area contributed by atoms with E-state index in [-0.39, 0.29) is 5.56 Å². The molecule has 0 spiro atoms. The summed E-state index contributed by atoms with van der Waals surface area (Å²) in [7, 11) is 1.87. The number of hydrogen-bond donors (Lipinski definition) is 1. The molecule has 104 valence electrons. The molecule has 0 aliphatic heterocycles. The van der Waals surface area contributed by atoms with E-state index < -0.39 is 5.97 Å². The van der Waals surface area contributed by atoms with Gasteiger partial charge in [0.25, 0.3) is 0 Å². The second-order valence-corrected chi connectivity index (χ2v) is 5.24. The Kier molecular flexibility index (Phi) is 4.30. The van der Waals surface area contributed by atoms with Crippen molar-refractivity contribution in [2.45, 2.75) is 13.5 Å². The van der Waals surface area contributed by atoms with Crippen molar-refractivity contribution in [2.24, 2.45) is 0 Å². The second kappa shape index (κ2) is 5.97. The molecule has 0 aromatic heterocycles. The molecule has 0 heterocycles. The Labute approximate surface area is 123 Å². The van der Waals surface area contributed by atoms with Crippen LogP contribution in [0.25, 0.3) is 0 Å². The van der Waals surface area contributed by atoms with Gasteiger partial charge in [-0.1, -0.05) is 41.4 Å². The Hall–Kier alpha value is -2.00. The molecule has 0 unspecified atom stereocenters. The van der Waals surface area contributed by atoms with Crippen molar-refractivity contribution in [3.8, 4) is 0 Å². The van der Waals surface area contributed by atoms with Gasteiger partial charge in [0.05, 0.1) is 11.3 Å². The number of anilines is 1. The molecule has 2 aromatic carbocycles.